The maximum Gasteiger partial charge on any atom is 0.228 e. The highest BCUT2D eigenvalue weighted by Crippen LogP contribution is 2.15. The molecule has 1 aromatic heterocycles. The zero-order chi connectivity index (χ0) is 12.7. The summed E-state index contributed by atoms with van der Waals surface area (Å²) in [5, 5.41) is 0. The number of nitrogens with two attached hydrogens (primary N) is 1. The summed E-state index contributed by atoms with van der Waals surface area (Å²) in [7, 11) is 0. The molecule has 0 unspecified atom stereocenters. The zero-order valence-corrected chi connectivity index (χ0v) is 10.9. The first-order chi connectivity index (χ1) is 8.21. The van der Waals surface area contributed by atoms with Crippen LogP contribution in [0.25, 0.3) is 0 Å². The van der Waals surface area contributed by atoms with Crippen molar-refractivity contribution in [3.63, 3.8) is 0 Å². The van der Waals surface area contributed by atoms with Crippen LogP contribution in [0.4, 0.5) is 5.95 Å². The maximum absolute atomic E-state index is 5.52. The fraction of sp³-hybridized carbons (Fsp3) is 0.667. The van der Waals surface area contributed by atoms with Gasteiger partial charge in [-0.15, -0.1) is 0 Å². The fourth-order valence-corrected chi connectivity index (χ4v) is 1.57. The van der Waals surface area contributed by atoms with E-state index in [0.29, 0.717) is 19.0 Å². The van der Waals surface area contributed by atoms with Crippen LogP contribution < -0.4 is 15.4 Å². The van der Waals surface area contributed by atoms with E-state index in [2.05, 4.69) is 21.8 Å². The molecule has 0 aliphatic carbocycles. The smallest absolute Gasteiger partial charge is 0.228 e. The van der Waals surface area contributed by atoms with E-state index >= 15 is 0 Å². The average molecular weight is 238 g/mol. The summed E-state index contributed by atoms with van der Waals surface area (Å²) in [4.78, 5) is 10.9. The van der Waals surface area contributed by atoms with Gasteiger partial charge in [0, 0.05) is 24.8 Å². The summed E-state index contributed by atoms with van der Waals surface area (Å²) in [6.07, 6.45) is 0.940. The van der Waals surface area contributed by atoms with E-state index in [0.717, 1.165) is 31.2 Å². The molecule has 0 spiro atoms. The van der Waals surface area contributed by atoms with E-state index in [1.807, 2.05) is 19.9 Å². The molecule has 5 heteroatoms. The van der Waals surface area contributed by atoms with Crippen LogP contribution in [0.15, 0.2) is 6.07 Å². The Kier molecular flexibility index (Phi) is 5.69. The normalized spacial score (nSPS) is 10.4. The average Bonchev–Trinajstić information content (AvgIpc) is 2.30. The van der Waals surface area contributed by atoms with Crippen molar-refractivity contribution in [2.45, 2.75) is 27.2 Å². The SMILES string of the molecule is CCOc1cc(C)nc(N(CC)CCCN)n1. The molecule has 0 aliphatic heterocycles. The van der Waals surface area contributed by atoms with Gasteiger partial charge in [-0.25, -0.2) is 4.98 Å². The number of aromatic nitrogens is 2. The second-order valence-corrected chi connectivity index (χ2v) is 3.80. The van der Waals surface area contributed by atoms with Crippen molar-refractivity contribution in [1.29, 1.82) is 0 Å². The van der Waals surface area contributed by atoms with Crippen LogP contribution in [-0.2, 0) is 0 Å². The molecular weight excluding hydrogens is 216 g/mol. The molecule has 0 aromatic carbocycles. The van der Waals surface area contributed by atoms with E-state index in [4.69, 9.17) is 10.5 Å². The summed E-state index contributed by atoms with van der Waals surface area (Å²) in [5.41, 5.74) is 6.45. The van der Waals surface area contributed by atoms with Gasteiger partial charge in [0.15, 0.2) is 0 Å². The highest BCUT2D eigenvalue weighted by molar-refractivity contribution is 5.34. The number of hydrogen-bond donors (Lipinski definition) is 1. The Hall–Kier alpha value is -1.36. The number of anilines is 1. The highest BCUT2D eigenvalue weighted by atomic mass is 16.5. The van der Waals surface area contributed by atoms with Crippen LogP contribution >= 0.6 is 0 Å². The third kappa shape index (κ3) is 4.19. The third-order valence-corrected chi connectivity index (χ3v) is 2.41. The van der Waals surface area contributed by atoms with Crippen molar-refractivity contribution in [2.75, 3.05) is 31.1 Å². The first-order valence-corrected chi connectivity index (χ1v) is 6.14. The fourth-order valence-electron chi connectivity index (χ4n) is 1.57. The Bertz CT molecular complexity index is 343. The molecule has 1 rings (SSSR count). The predicted octanol–water partition coefficient (Wildman–Crippen LogP) is 1.36. The van der Waals surface area contributed by atoms with E-state index < -0.39 is 0 Å². The highest BCUT2D eigenvalue weighted by Gasteiger charge is 2.09. The first-order valence-electron chi connectivity index (χ1n) is 6.14. The van der Waals surface area contributed by atoms with Gasteiger partial charge in [0.25, 0.3) is 0 Å². The van der Waals surface area contributed by atoms with E-state index in [9.17, 15) is 0 Å². The number of rotatable bonds is 7. The Labute approximate surface area is 103 Å². The molecule has 96 valence electrons. The summed E-state index contributed by atoms with van der Waals surface area (Å²) in [6, 6.07) is 1.85. The minimum absolute atomic E-state index is 0.616. The predicted molar refractivity (Wildman–Crippen MR) is 69.5 cm³/mol. The number of hydrogen-bond acceptors (Lipinski definition) is 5. The van der Waals surface area contributed by atoms with Gasteiger partial charge in [-0.3, -0.25) is 0 Å². The zero-order valence-electron chi connectivity index (χ0n) is 10.9. The van der Waals surface area contributed by atoms with Gasteiger partial charge in [-0.05, 0) is 33.7 Å². The third-order valence-electron chi connectivity index (χ3n) is 2.41. The molecule has 2 N–H and O–H groups in total. The van der Waals surface area contributed by atoms with Gasteiger partial charge in [0.1, 0.15) is 0 Å². The van der Waals surface area contributed by atoms with Crippen molar-refractivity contribution in [1.82, 2.24) is 9.97 Å². The number of ether oxygens (including phenoxy) is 1. The molecule has 0 fully saturated rings. The lowest BCUT2D eigenvalue weighted by Gasteiger charge is -2.21. The Morgan fingerprint density at radius 3 is 2.71 bits per heavy atom. The topological polar surface area (TPSA) is 64.3 Å². The van der Waals surface area contributed by atoms with Gasteiger partial charge >= 0.3 is 0 Å². The monoisotopic (exact) mass is 238 g/mol. The van der Waals surface area contributed by atoms with Crippen molar-refractivity contribution in [3.8, 4) is 5.88 Å². The van der Waals surface area contributed by atoms with Crippen LogP contribution in [0.1, 0.15) is 26.0 Å². The Morgan fingerprint density at radius 2 is 2.12 bits per heavy atom. The van der Waals surface area contributed by atoms with Gasteiger partial charge in [0.2, 0.25) is 11.8 Å². The summed E-state index contributed by atoms with van der Waals surface area (Å²) >= 11 is 0. The van der Waals surface area contributed by atoms with Crippen molar-refractivity contribution >= 4 is 5.95 Å². The van der Waals surface area contributed by atoms with Crippen molar-refractivity contribution in [2.24, 2.45) is 5.73 Å². The summed E-state index contributed by atoms with van der Waals surface area (Å²) in [5.74, 6) is 1.37. The molecule has 0 amide bonds. The molecule has 5 nitrogen and oxygen atoms in total. The Morgan fingerprint density at radius 1 is 1.35 bits per heavy atom. The molecule has 0 saturated carbocycles. The summed E-state index contributed by atoms with van der Waals surface area (Å²) < 4.78 is 5.42. The van der Waals surface area contributed by atoms with Crippen molar-refractivity contribution in [3.05, 3.63) is 11.8 Å². The van der Waals surface area contributed by atoms with Gasteiger partial charge in [0.05, 0.1) is 6.61 Å². The van der Waals surface area contributed by atoms with E-state index in [-0.39, 0.29) is 0 Å². The molecule has 0 bridgehead atoms. The van der Waals surface area contributed by atoms with Gasteiger partial charge in [-0.2, -0.15) is 4.98 Å². The second-order valence-electron chi connectivity index (χ2n) is 3.80. The van der Waals surface area contributed by atoms with E-state index in [1.165, 1.54) is 0 Å². The molecule has 1 heterocycles. The molecule has 1 aromatic rings. The van der Waals surface area contributed by atoms with E-state index in [1.54, 1.807) is 0 Å². The molecular formula is C12H22N4O. The van der Waals surface area contributed by atoms with Gasteiger partial charge < -0.3 is 15.4 Å². The molecule has 0 radical (unpaired) electrons. The number of nitrogens with zero attached hydrogens (tertiary/aromatic N) is 3. The van der Waals surface area contributed by atoms with Crippen LogP contribution in [0.3, 0.4) is 0 Å². The molecule has 0 atom stereocenters. The minimum atomic E-state index is 0.616. The second kappa shape index (κ2) is 7.06. The van der Waals surface area contributed by atoms with Crippen LogP contribution in [-0.4, -0.2) is 36.2 Å². The Balaban J connectivity index is 2.85. The van der Waals surface area contributed by atoms with Crippen LogP contribution in [0.2, 0.25) is 0 Å². The lowest BCUT2D eigenvalue weighted by atomic mass is 10.4. The molecule has 0 aliphatic rings. The largest absolute Gasteiger partial charge is 0.478 e. The summed E-state index contributed by atoms with van der Waals surface area (Å²) in [6.45, 7) is 9.03. The lowest BCUT2D eigenvalue weighted by Crippen LogP contribution is -2.27. The maximum atomic E-state index is 5.52. The quantitative estimate of drug-likeness (QED) is 0.777. The number of aryl methyl sites for hydroxylation is 1. The lowest BCUT2D eigenvalue weighted by molar-refractivity contribution is 0.326. The van der Waals surface area contributed by atoms with Crippen LogP contribution in [0.5, 0.6) is 5.88 Å². The molecule has 0 saturated heterocycles. The van der Waals surface area contributed by atoms with Crippen molar-refractivity contribution < 1.29 is 4.74 Å². The standard InChI is InChI=1S/C12H22N4O/c1-4-16(8-6-7-13)12-14-10(3)9-11(15-12)17-5-2/h9H,4-8,13H2,1-3H3. The van der Waals surface area contributed by atoms with Crippen LogP contribution in [0, 0.1) is 6.92 Å². The van der Waals surface area contributed by atoms with Gasteiger partial charge in [-0.1, -0.05) is 0 Å². The molecule has 17 heavy (non-hydrogen) atoms. The first kappa shape index (κ1) is 13.7. The minimum Gasteiger partial charge on any atom is -0.478 e.